The molecule has 68 valence electrons. The molecule has 0 saturated carbocycles. The Kier molecular flexibility index (Phi) is 3.41. The highest BCUT2D eigenvalue weighted by Gasteiger charge is 2.07. The molecule has 0 bridgehead atoms. The molecule has 1 aromatic heterocycles. The fourth-order valence-electron chi connectivity index (χ4n) is 0.768. The van der Waals surface area contributed by atoms with E-state index in [2.05, 4.69) is 5.32 Å². The molecule has 0 aliphatic rings. The molecule has 0 fully saturated rings. The van der Waals surface area contributed by atoms with Gasteiger partial charge in [-0.05, 0) is 12.1 Å². The quantitative estimate of drug-likeness (QED) is 0.796. The molecule has 0 saturated heterocycles. The number of hydrogen-bond donors (Lipinski definition) is 1. The minimum absolute atomic E-state index is 0.0125. The minimum Gasteiger partial charge on any atom is -0.349 e. The predicted molar refractivity (Wildman–Crippen MR) is 47.3 cm³/mol. The van der Waals surface area contributed by atoms with Crippen LogP contribution in [0.4, 0.5) is 4.39 Å². The number of amides is 1. The van der Waals surface area contributed by atoms with Crippen molar-refractivity contribution >= 4 is 17.2 Å². The standard InChI is InChI=1S/C8H7FN2OS/c9-3-4-11-8(12)7-2-1-6(5-10)13-7/h1-2H,3-4H2,(H,11,12). The van der Waals surface area contributed by atoms with Crippen molar-refractivity contribution < 1.29 is 9.18 Å². The van der Waals surface area contributed by atoms with Crippen LogP contribution in [-0.2, 0) is 0 Å². The summed E-state index contributed by atoms with van der Waals surface area (Å²) >= 11 is 1.10. The van der Waals surface area contributed by atoms with E-state index in [9.17, 15) is 9.18 Å². The average Bonchev–Trinajstić information content (AvgIpc) is 2.62. The Morgan fingerprint density at radius 1 is 1.69 bits per heavy atom. The van der Waals surface area contributed by atoms with Crippen LogP contribution < -0.4 is 5.32 Å². The van der Waals surface area contributed by atoms with Gasteiger partial charge in [-0.1, -0.05) is 0 Å². The Bertz CT molecular complexity index is 342. The van der Waals surface area contributed by atoms with Gasteiger partial charge in [0.25, 0.3) is 5.91 Å². The van der Waals surface area contributed by atoms with Gasteiger partial charge in [0, 0.05) is 6.54 Å². The number of nitrogens with one attached hydrogen (secondary N) is 1. The molecule has 0 unspecified atom stereocenters. The Labute approximate surface area is 78.8 Å². The fraction of sp³-hybridized carbons (Fsp3) is 0.250. The number of carbonyl (C=O) groups is 1. The number of rotatable bonds is 3. The first-order valence-electron chi connectivity index (χ1n) is 3.62. The number of halogens is 1. The van der Waals surface area contributed by atoms with E-state index in [4.69, 9.17) is 5.26 Å². The smallest absolute Gasteiger partial charge is 0.261 e. The summed E-state index contributed by atoms with van der Waals surface area (Å²) in [6.45, 7) is -0.569. The van der Waals surface area contributed by atoms with Gasteiger partial charge in [0.1, 0.15) is 17.6 Å². The summed E-state index contributed by atoms with van der Waals surface area (Å²) in [5, 5.41) is 10.9. The molecule has 1 N–H and O–H groups in total. The number of nitrogens with zero attached hydrogens (tertiary/aromatic N) is 1. The second kappa shape index (κ2) is 4.58. The monoisotopic (exact) mass is 198 g/mol. The summed E-state index contributed by atoms with van der Waals surface area (Å²) < 4.78 is 11.7. The third-order valence-corrected chi connectivity index (χ3v) is 2.31. The maximum absolute atomic E-state index is 11.7. The largest absolute Gasteiger partial charge is 0.349 e. The first-order valence-corrected chi connectivity index (χ1v) is 4.43. The lowest BCUT2D eigenvalue weighted by molar-refractivity contribution is 0.0955. The summed E-state index contributed by atoms with van der Waals surface area (Å²) in [6, 6.07) is 5.04. The zero-order valence-corrected chi connectivity index (χ0v) is 7.53. The van der Waals surface area contributed by atoms with Gasteiger partial charge in [-0.15, -0.1) is 11.3 Å². The zero-order chi connectivity index (χ0) is 9.68. The number of thiophene rings is 1. The van der Waals surface area contributed by atoms with Gasteiger partial charge in [0.2, 0.25) is 0 Å². The van der Waals surface area contributed by atoms with Crippen LogP contribution in [0.25, 0.3) is 0 Å². The van der Waals surface area contributed by atoms with Crippen LogP contribution in [-0.4, -0.2) is 19.1 Å². The average molecular weight is 198 g/mol. The first kappa shape index (κ1) is 9.68. The molecule has 0 aliphatic heterocycles. The van der Waals surface area contributed by atoms with Crippen LogP contribution in [0, 0.1) is 11.3 Å². The first-order chi connectivity index (χ1) is 6.27. The lowest BCUT2D eigenvalue weighted by atomic mass is 10.4. The normalized spacial score (nSPS) is 9.23. The van der Waals surface area contributed by atoms with Gasteiger partial charge >= 0.3 is 0 Å². The maximum Gasteiger partial charge on any atom is 0.261 e. The van der Waals surface area contributed by atoms with Crippen molar-refractivity contribution in [1.29, 1.82) is 5.26 Å². The second-order valence-corrected chi connectivity index (χ2v) is 3.30. The van der Waals surface area contributed by atoms with Crippen LogP contribution in [0.15, 0.2) is 12.1 Å². The summed E-state index contributed by atoms with van der Waals surface area (Å²) in [4.78, 5) is 12.1. The highest BCUT2D eigenvalue weighted by molar-refractivity contribution is 7.14. The number of hydrogen-bond acceptors (Lipinski definition) is 3. The van der Waals surface area contributed by atoms with Gasteiger partial charge in [-0.3, -0.25) is 4.79 Å². The van der Waals surface area contributed by atoms with E-state index in [-0.39, 0.29) is 12.5 Å². The van der Waals surface area contributed by atoms with Crippen LogP contribution in [0.1, 0.15) is 14.5 Å². The van der Waals surface area contributed by atoms with Gasteiger partial charge in [-0.2, -0.15) is 5.26 Å². The van der Waals surface area contributed by atoms with E-state index in [1.54, 1.807) is 12.1 Å². The van der Waals surface area contributed by atoms with Crippen molar-refractivity contribution in [2.75, 3.05) is 13.2 Å². The van der Waals surface area contributed by atoms with Crippen molar-refractivity contribution in [3.63, 3.8) is 0 Å². The van der Waals surface area contributed by atoms with E-state index in [0.717, 1.165) is 11.3 Å². The van der Waals surface area contributed by atoms with Crippen LogP contribution in [0.5, 0.6) is 0 Å². The molecule has 1 heterocycles. The molecular weight excluding hydrogens is 191 g/mol. The Balaban J connectivity index is 2.62. The van der Waals surface area contributed by atoms with E-state index < -0.39 is 6.67 Å². The van der Waals surface area contributed by atoms with Crippen molar-refractivity contribution in [2.45, 2.75) is 0 Å². The lowest BCUT2D eigenvalue weighted by Crippen LogP contribution is -2.24. The van der Waals surface area contributed by atoms with Gasteiger partial charge in [-0.25, -0.2) is 4.39 Å². The number of alkyl halides is 1. The van der Waals surface area contributed by atoms with E-state index in [0.29, 0.717) is 9.75 Å². The molecule has 5 heteroatoms. The molecule has 0 aromatic carbocycles. The second-order valence-electron chi connectivity index (χ2n) is 2.22. The van der Waals surface area contributed by atoms with Gasteiger partial charge in [0.15, 0.2) is 0 Å². The summed E-state index contributed by atoms with van der Waals surface area (Å²) in [6.07, 6.45) is 0. The zero-order valence-electron chi connectivity index (χ0n) is 6.71. The third kappa shape index (κ3) is 2.53. The maximum atomic E-state index is 11.7. The molecule has 0 radical (unpaired) electrons. The summed E-state index contributed by atoms with van der Waals surface area (Å²) in [5.41, 5.74) is 0. The van der Waals surface area contributed by atoms with Crippen LogP contribution in [0.3, 0.4) is 0 Å². The Hall–Kier alpha value is -1.41. The van der Waals surface area contributed by atoms with Gasteiger partial charge < -0.3 is 5.32 Å². The minimum atomic E-state index is -0.581. The highest BCUT2D eigenvalue weighted by atomic mass is 32.1. The lowest BCUT2D eigenvalue weighted by Gasteiger charge is -1.97. The van der Waals surface area contributed by atoms with Crippen molar-refractivity contribution in [3.8, 4) is 6.07 Å². The molecule has 0 atom stereocenters. The molecule has 1 rings (SSSR count). The van der Waals surface area contributed by atoms with E-state index in [1.807, 2.05) is 6.07 Å². The number of carbonyl (C=O) groups excluding carboxylic acids is 1. The Morgan fingerprint density at radius 2 is 2.46 bits per heavy atom. The topological polar surface area (TPSA) is 52.9 Å². The van der Waals surface area contributed by atoms with Crippen molar-refractivity contribution in [2.24, 2.45) is 0 Å². The fourth-order valence-corrected chi connectivity index (χ4v) is 1.49. The van der Waals surface area contributed by atoms with E-state index >= 15 is 0 Å². The third-order valence-electron chi connectivity index (χ3n) is 1.32. The van der Waals surface area contributed by atoms with Crippen molar-refractivity contribution in [1.82, 2.24) is 5.32 Å². The highest BCUT2D eigenvalue weighted by Crippen LogP contribution is 2.14. The molecule has 0 spiro atoms. The molecule has 3 nitrogen and oxygen atoms in total. The SMILES string of the molecule is N#Cc1ccc(C(=O)NCCF)s1. The summed E-state index contributed by atoms with van der Waals surface area (Å²) in [7, 11) is 0. The molecular formula is C8H7FN2OS. The molecule has 1 aromatic rings. The van der Waals surface area contributed by atoms with Crippen LogP contribution in [0.2, 0.25) is 0 Å². The molecule has 1 amide bonds. The summed E-state index contributed by atoms with van der Waals surface area (Å²) in [5.74, 6) is -0.329. The van der Waals surface area contributed by atoms with Gasteiger partial charge in [0.05, 0.1) is 4.88 Å². The van der Waals surface area contributed by atoms with Crippen molar-refractivity contribution in [3.05, 3.63) is 21.9 Å². The number of nitriles is 1. The van der Waals surface area contributed by atoms with E-state index in [1.165, 1.54) is 0 Å². The van der Waals surface area contributed by atoms with Crippen LogP contribution >= 0.6 is 11.3 Å². The predicted octanol–water partition coefficient (Wildman–Crippen LogP) is 1.32. The Morgan fingerprint density at radius 3 is 3.00 bits per heavy atom. The molecule has 13 heavy (non-hydrogen) atoms. The molecule has 0 aliphatic carbocycles.